The molecule has 0 spiro atoms. The molecule has 0 aliphatic carbocycles. The first-order valence-corrected chi connectivity index (χ1v) is 13.3. The highest BCUT2D eigenvalue weighted by molar-refractivity contribution is 7.15. The van der Waals surface area contributed by atoms with E-state index < -0.39 is 11.5 Å². The highest BCUT2D eigenvalue weighted by atomic mass is 35.5. The van der Waals surface area contributed by atoms with Gasteiger partial charge in [0.15, 0.2) is 5.82 Å². The van der Waals surface area contributed by atoms with E-state index in [4.69, 9.17) is 26.1 Å². The van der Waals surface area contributed by atoms with Crippen molar-refractivity contribution in [2.45, 2.75) is 58.9 Å². The molecule has 2 aromatic heterocycles. The van der Waals surface area contributed by atoms with Crippen LogP contribution < -0.4 is 0 Å². The molecule has 0 bridgehead atoms. The molecule has 10 heteroatoms. The predicted molar refractivity (Wildman–Crippen MR) is 139 cm³/mol. The Morgan fingerprint density at radius 1 is 1.08 bits per heavy atom. The minimum atomic E-state index is -1.50. The molecule has 1 aliphatic rings. The van der Waals surface area contributed by atoms with Crippen molar-refractivity contribution < 1.29 is 19.1 Å². The molecule has 8 nitrogen and oxygen atoms in total. The SMILES string of the molecule is CCOC(=O)CCCC1(C(=O)OCC)N=C(c2ccc(Cl)cc2)c2cc(CC)sc2-n2c(C)nnc21. The predicted octanol–water partition coefficient (Wildman–Crippen LogP) is 5.20. The number of ether oxygens (including phenoxy) is 2. The number of carbonyl (C=O) groups is 2. The number of fused-ring (bicyclic) bond motifs is 3. The number of aromatic nitrogens is 3. The lowest BCUT2D eigenvalue weighted by Gasteiger charge is -2.26. The van der Waals surface area contributed by atoms with Gasteiger partial charge in [-0.25, -0.2) is 4.79 Å². The Morgan fingerprint density at radius 3 is 2.47 bits per heavy atom. The Bertz CT molecular complexity index is 1300. The summed E-state index contributed by atoms with van der Waals surface area (Å²) in [5.74, 6) is 0.176. The highest BCUT2D eigenvalue weighted by Gasteiger charge is 2.49. The second kappa shape index (κ2) is 10.9. The first-order valence-electron chi connectivity index (χ1n) is 12.1. The van der Waals surface area contributed by atoms with E-state index in [9.17, 15) is 9.59 Å². The maximum absolute atomic E-state index is 13.7. The van der Waals surface area contributed by atoms with E-state index in [-0.39, 0.29) is 25.4 Å². The summed E-state index contributed by atoms with van der Waals surface area (Å²) in [5.41, 5.74) is 0.854. The van der Waals surface area contributed by atoms with Crippen molar-refractivity contribution in [1.29, 1.82) is 0 Å². The zero-order chi connectivity index (χ0) is 25.9. The van der Waals surface area contributed by atoms with Crippen molar-refractivity contribution in [2.24, 2.45) is 4.99 Å². The molecule has 1 aliphatic heterocycles. The molecule has 0 radical (unpaired) electrons. The van der Waals surface area contributed by atoms with Crippen molar-refractivity contribution in [2.75, 3.05) is 13.2 Å². The molecule has 4 rings (SSSR count). The lowest BCUT2D eigenvalue weighted by atomic mass is 9.91. The largest absolute Gasteiger partial charge is 0.466 e. The smallest absolute Gasteiger partial charge is 0.342 e. The Morgan fingerprint density at radius 2 is 1.81 bits per heavy atom. The minimum absolute atomic E-state index is 0.149. The van der Waals surface area contributed by atoms with Gasteiger partial charge in [0.1, 0.15) is 10.8 Å². The number of hydrogen-bond acceptors (Lipinski definition) is 8. The van der Waals surface area contributed by atoms with E-state index in [0.29, 0.717) is 35.4 Å². The van der Waals surface area contributed by atoms with Crippen LogP contribution in [0.4, 0.5) is 0 Å². The van der Waals surface area contributed by atoms with Crippen molar-refractivity contribution in [3.63, 3.8) is 0 Å². The van der Waals surface area contributed by atoms with E-state index >= 15 is 0 Å². The van der Waals surface area contributed by atoms with Crippen LogP contribution in [0.15, 0.2) is 35.3 Å². The van der Waals surface area contributed by atoms with Gasteiger partial charge >= 0.3 is 11.9 Å². The third-order valence-corrected chi connectivity index (χ3v) is 7.54. The number of aryl methyl sites for hydroxylation is 2. The highest BCUT2D eigenvalue weighted by Crippen LogP contribution is 2.42. The number of aliphatic imine (C=N–C) groups is 1. The van der Waals surface area contributed by atoms with Crippen LogP contribution in [-0.4, -0.2) is 45.6 Å². The summed E-state index contributed by atoms with van der Waals surface area (Å²) in [7, 11) is 0. The molecule has 3 aromatic rings. The summed E-state index contributed by atoms with van der Waals surface area (Å²) in [4.78, 5) is 32.2. The van der Waals surface area contributed by atoms with Crippen LogP contribution >= 0.6 is 22.9 Å². The van der Waals surface area contributed by atoms with Crippen LogP contribution in [0.3, 0.4) is 0 Å². The van der Waals surface area contributed by atoms with Crippen LogP contribution in [0.1, 0.15) is 67.7 Å². The second-order valence-corrected chi connectivity index (χ2v) is 9.95. The van der Waals surface area contributed by atoms with Gasteiger partial charge < -0.3 is 9.47 Å². The van der Waals surface area contributed by atoms with Crippen molar-refractivity contribution in [3.8, 4) is 5.00 Å². The number of thiophene rings is 1. The fourth-order valence-electron chi connectivity index (χ4n) is 4.32. The third kappa shape index (κ3) is 4.82. The van der Waals surface area contributed by atoms with Crippen molar-refractivity contribution >= 4 is 40.6 Å². The first kappa shape index (κ1) is 26.0. The lowest BCUT2D eigenvalue weighted by molar-refractivity contribution is -0.151. The topological polar surface area (TPSA) is 95.7 Å². The van der Waals surface area contributed by atoms with Crippen LogP contribution in [0.2, 0.25) is 5.02 Å². The Kier molecular flexibility index (Phi) is 7.90. The number of benzene rings is 1. The summed E-state index contributed by atoms with van der Waals surface area (Å²) in [6, 6.07) is 9.49. The third-order valence-electron chi connectivity index (χ3n) is 6.02. The Balaban J connectivity index is 1.97. The quantitative estimate of drug-likeness (QED) is 0.354. The van der Waals surface area contributed by atoms with Gasteiger partial charge in [0.05, 0.1) is 18.9 Å². The molecule has 1 atom stereocenters. The average Bonchev–Trinajstić information content (AvgIpc) is 3.43. The molecular weight excluding hydrogens is 500 g/mol. The maximum Gasteiger partial charge on any atom is 0.342 e. The monoisotopic (exact) mass is 528 g/mol. The van der Waals surface area contributed by atoms with E-state index in [1.807, 2.05) is 23.6 Å². The number of esters is 2. The van der Waals surface area contributed by atoms with Gasteiger partial charge in [-0.3, -0.25) is 14.4 Å². The Hall–Kier alpha value is -3.04. The first-order chi connectivity index (χ1) is 17.3. The molecule has 0 saturated heterocycles. The second-order valence-electron chi connectivity index (χ2n) is 8.40. The molecule has 1 aromatic carbocycles. The minimum Gasteiger partial charge on any atom is -0.466 e. The summed E-state index contributed by atoms with van der Waals surface area (Å²) in [5, 5.41) is 10.3. The molecule has 3 heterocycles. The van der Waals surface area contributed by atoms with Gasteiger partial charge in [0, 0.05) is 27.4 Å². The molecular formula is C26H29ClN4O4S. The van der Waals surface area contributed by atoms with Gasteiger partial charge in [-0.15, -0.1) is 21.5 Å². The van der Waals surface area contributed by atoms with E-state index in [0.717, 1.165) is 22.5 Å². The summed E-state index contributed by atoms with van der Waals surface area (Å²) < 4.78 is 12.6. The number of rotatable bonds is 9. The summed E-state index contributed by atoms with van der Waals surface area (Å²) in [6.07, 6.45) is 1.56. The van der Waals surface area contributed by atoms with Gasteiger partial charge in [0.25, 0.3) is 0 Å². The number of carbonyl (C=O) groups excluding carboxylic acids is 2. The van der Waals surface area contributed by atoms with Crippen molar-refractivity contribution in [3.05, 3.63) is 63.0 Å². The Labute approximate surface area is 219 Å². The molecule has 190 valence electrons. The number of nitrogens with zero attached hydrogens (tertiary/aromatic N) is 4. The van der Waals surface area contributed by atoms with Gasteiger partial charge in [-0.1, -0.05) is 30.7 Å². The van der Waals surface area contributed by atoms with Gasteiger partial charge in [-0.2, -0.15) is 0 Å². The molecule has 0 amide bonds. The zero-order valence-electron chi connectivity index (χ0n) is 20.8. The van der Waals surface area contributed by atoms with Gasteiger partial charge in [-0.05, 0) is 58.2 Å². The normalized spacial score (nSPS) is 16.5. The zero-order valence-corrected chi connectivity index (χ0v) is 22.4. The van der Waals surface area contributed by atoms with Crippen LogP contribution in [-0.2, 0) is 31.0 Å². The van der Waals surface area contributed by atoms with Gasteiger partial charge in [0.2, 0.25) is 5.54 Å². The van der Waals surface area contributed by atoms with E-state index in [1.165, 1.54) is 4.88 Å². The van der Waals surface area contributed by atoms with E-state index in [1.54, 1.807) is 37.3 Å². The summed E-state index contributed by atoms with van der Waals surface area (Å²) in [6.45, 7) is 7.95. The summed E-state index contributed by atoms with van der Waals surface area (Å²) >= 11 is 7.80. The van der Waals surface area contributed by atoms with E-state index in [2.05, 4.69) is 23.2 Å². The molecule has 0 saturated carbocycles. The molecule has 0 fully saturated rings. The molecule has 1 unspecified atom stereocenters. The van der Waals surface area contributed by atoms with Crippen LogP contribution in [0, 0.1) is 6.92 Å². The van der Waals surface area contributed by atoms with Crippen molar-refractivity contribution in [1.82, 2.24) is 14.8 Å². The van der Waals surface area contributed by atoms with Crippen LogP contribution in [0.25, 0.3) is 5.00 Å². The maximum atomic E-state index is 13.7. The molecule has 36 heavy (non-hydrogen) atoms. The average molecular weight is 529 g/mol. The fourth-order valence-corrected chi connectivity index (χ4v) is 5.59. The standard InChI is InChI=1S/C26H29ClN4O4S/c1-5-19-15-20-22(17-10-12-18(27)13-11-17)28-26(25(33)35-7-3,14-8-9-21(32)34-6-2)24-30-29-16(4)31(24)23(20)36-19/h10-13,15H,5-9,14H2,1-4H3. The molecule has 0 N–H and O–H groups in total. The fraction of sp³-hybridized carbons (Fsp3) is 0.423. The number of hydrogen-bond donors (Lipinski definition) is 0. The lowest BCUT2D eigenvalue weighted by Crippen LogP contribution is -2.39. The number of halogens is 1. The van der Waals surface area contributed by atoms with Crippen LogP contribution in [0.5, 0.6) is 0 Å².